The summed E-state index contributed by atoms with van der Waals surface area (Å²) < 4.78 is 46.5. The van der Waals surface area contributed by atoms with Gasteiger partial charge in [-0.2, -0.15) is 13.2 Å². The van der Waals surface area contributed by atoms with Crippen LogP contribution < -0.4 is 10.3 Å². The minimum Gasteiger partial charge on any atom is -0.503 e. The van der Waals surface area contributed by atoms with Gasteiger partial charge in [0.15, 0.2) is 11.5 Å². The molecule has 0 bridgehead atoms. The summed E-state index contributed by atoms with van der Waals surface area (Å²) >= 11 is 3.28. The Labute approximate surface area is 177 Å². The van der Waals surface area contributed by atoms with Gasteiger partial charge in [0.1, 0.15) is 5.82 Å². The molecule has 0 saturated carbocycles. The van der Waals surface area contributed by atoms with Gasteiger partial charge in [0, 0.05) is 6.54 Å². The topological polar surface area (TPSA) is 64.4 Å². The van der Waals surface area contributed by atoms with Crippen molar-refractivity contribution in [3.8, 4) is 11.5 Å². The van der Waals surface area contributed by atoms with Crippen molar-refractivity contribution in [1.82, 2.24) is 9.55 Å². The zero-order valence-corrected chi connectivity index (χ0v) is 17.3. The zero-order valence-electron chi connectivity index (χ0n) is 15.8. The van der Waals surface area contributed by atoms with Gasteiger partial charge in [-0.15, -0.1) is 0 Å². The predicted molar refractivity (Wildman–Crippen MR) is 110 cm³/mol. The summed E-state index contributed by atoms with van der Waals surface area (Å²) in [5.41, 5.74) is 0.209. The quantitative estimate of drug-likeness (QED) is 0.557. The Balaban J connectivity index is 1.85. The second-order valence-electron chi connectivity index (χ2n) is 6.82. The monoisotopic (exact) mass is 480 g/mol. The van der Waals surface area contributed by atoms with E-state index in [9.17, 15) is 23.1 Å². The normalized spacial score (nSPS) is 15.0. The minimum atomic E-state index is -4.52. The number of halogens is 4. The Morgan fingerprint density at radius 2 is 2.07 bits per heavy atom. The SMILES string of the molecule is CCOc1cc(C=C2CCn3c2nc2cc(C(F)(F)F)ccc2c3=O)cc(Br)c1O. The molecule has 1 aromatic heterocycles. The molecule has 5 nitrogen and oxygen atoms in total. The van der Waals surface area contributed by atoms with Crippen LogP contribution in [0.15, 0.2) is 39.6 Å². The zero-order chi connectivity index (χ0) is 21.6. The van der Waals surface area contributed by atoms with Gasteiger partial charge >= 0.3 is 6.18 Å². The predicted octanol–water partition coefficient (Wildman–Crippen LogP) is 5.23. The second kappa shape index (κ2) is 7.46. The molecular weight excluding hydrogens is 465 g/mol. The Morgan fingerprint density at radius 1 is 1.30 bits per heavy atom. The highest BCUT2D eigenvalue weighted by Crippen LogP contribution is 2.37. The van der Waals surface area contributed by atoms with Crippen LogP contribution in [0.3, 0.4) is 0 Å². The molecule has 3 aromatic rings. The lowest BCUT2D eigenvalue weighted by atomic mass is 10.1. The molecule has 1 N–H and O–H groups in total. The minimum absolute atomic E-state index is 0.00997. The summed E-state index contributed by atoms with van der Waals surface area (Å²) in [6.07, 6.45) is -2.22. The van der Waals surface area contributed by atoms with E-state index in [1.165, 1.54) is 10.6 Å². The molecule has 1 aliphatic rings. The number of benzene rings is 2. The second-order valence-corrected chi connectivity index (χ2v) is 7.68. The molecular formula is C21H16BrF3N2O3. The standard InChI is InChI=1S/C21H16BrF3N2O3/c1-2-30-17-9-11(8-15(22)18(17)28)7-12-5-6-27-19(12)26-16-10-13(21(23,24)25)3-4-14(16)20(27)29/h3-4,7-10,28H,2,5-6H2,1H3. The van der Waals surface area contributed by atoms with Crippen molar-refractivity contribution in [2.24, 2.45) is 0 Å². The van der Waals surface area contributed by atoms with Gasteiger partial charge in [-0.25, -0.2) is 4.98 Å². The van der Waals surface area contributed by atoms with E-state index in [0.29, 0.717) is 46.8 Å². The van der Waals surface area contributed by atoms with Gasteiger partial charge in [-0.3, -0.25) is 9.36 Å². The first-order chi connectivity index (χ1) is 14.2. The van der Waals surface area contributed by atoms with Gasteiger partial charge < -0.3 is 9.84 Å². The lowest BCUT2D eigenvalue weighted by Gasteiger charge is -2.10. The molecule has 156 valence electrons. The molecule has 0 aliphatic carbocycles. The molecule has 0 saturated heterocycles. The lowest BCUT2D eigenvalue weighted by Crippen LogP contribution is -2.21. The van der Waals surface area contributed by atoms with E-state index in [2.05, 4.69) is 20.9 Å². The Bertz CT molecular complexity index is 1250. The number of phenolic OH excluding ortho intramolecular Hbond substituents is 1. The third-order valence-electron chi connectivity index (χ3n) is 4.87. The smallest absolute Gasteiger partial charge is 0.416 e. The molecule has 1 aliphatic heterocycles. The number of fused-ring (bicyclic) bond motifs is 2. The number of alkyl halides is 3. The van der Waals surface area contributed by atoms with Crippen LogP contribution in [0.5, 0.6) is 11.5 Å². The van der Waals surface area contributed by atoms with Crippen molar-refractivity contribution >= 4 is 38.5 Å². The van der Waals surface area contributed by atoms with Crippen LogP contribution in [-0.2, 0) is 12.7 Å². The number of nitrogens with zero attached hydrogens (tertiary/aromatic N) is 2. The fraction of sp³-hybridized carbons (Fsp3) is 0.238. The number of phenols is 1. The Kier molecular flexibility index (Phi) is 5.09. The van der Waals surface area contributed by atoms with Crippen molar-refractivity contribution in [2.45, 2.75) is 26.1 Å². The van der Waals surface area contributed by atoms with E-state index in [0.717, 1.165) is 12.1 Å². The fourth-order valence-corrected chi connectivity index (χ4v) is 3.93. The van der Waals surface area contributed by atoms with Crippen LogP contribution in [0, 0.1) is 0 Å². The highest BCUT2D eigenvalue weighted by atomic mass is 79.9. The van der Waals surface area contributed by atoms with Gasteiger partial charge in [-0.1, -0.05) is 0 Å². The van der Waals surface area contributed by atoms with E-state index in [-0.39, 0.29) is 22.2 Å². The number of aromatic hydroxyl groups is 1. The number of hydrogen-bond donors (Lipinski definition) is 1. The summed E-state index contributed by atoms with van der Waals surface area (Å²) in [7, 11) is 0. The number of aromatic nitrogens is 2. The average Bonchev–Trinajstić information content (AvgIpc) is 3.08. The van der Waals surface area contributed by atoms with Crippen molar-refractivity contribution < 1.29 is 23.0 Å². The van der Waals surface area contributed by atoms with Crippen LogP contribution in [0.4, 0.5) is 13.2 Å². The molecule has 0 atom stereocenters. The first-order valence-electron chi connectivity index (χ1n) is 9.17. The lowest BCUT2D eigenvalue weighted by molar-refractivity contribution is -0.137. The maximum atomic E-state index is 13.1. The molecule has 30 heavy (non-hydrogen) atoms. The van der Waals surface area contributed by atoms with E-state index >= 15 is 0 Å². The van der Waals surface area contributed by atoms with Crippen molar-refractivity contribution in [1.29, 1.82) is 0 Å². The highest BCUT2D eigenvalue weighted by Gasteiger charge is 2.31. The van der Waals surface area contributed by atoms with Gasteiger partial charge in [0.2, 0.25) is 0 Å². The summed E-state index contributed by atoms with van der Waals surface area (Å²) in [5.74, 6) is 0.621. The van der Waals surface area contributed by atoms with E-state index in [4.69, 9.17) is 4.74 Å². The average molecular weight is 481 g/mol. The van der Waals surface area contributed by atoms with E-state index < -0.39 is 11.7 Å². The molecule has 9 heteroatoms. The van der Waals surface area contributed by atoms with Gasteiger partial charge in [0.05, 0.1) is 27.5 Å². The van der Waals surface area contributed by atoms with Crippen LogP contribution in [0.1, 0.15) is 30.3 Å². The number of hydrogen-bond acceptors (Lipinski definition) is 4. The van der Waals surface area contributed by atoms with Crippen molar-refractivity contribution in [2.75, 3.05) is 6.61 Å². The number of rotatable bonds is 3. The first kappa shape index (κ1) is 20.5. The summed E-state index contributed by atoms with van der Waals surface area (Å²) in [5, 5.41) is 10.2. The number of ether oxygens (including phenoxy) is 1. The van der Waals surface area contributed by atoms with Gasteiger partial charge in [0.25, 0.3) is 5.56 Å². The van der Waals surface area contributed by atoms with Crippen LogP contribution in [0.25, 0.3) is 22.6 Å². The molecule has 0 unspecified atom stereocenters. The summed E-state index contributed by atoms with van der Waals surface area (Å²) in [6.45, 7) is 2.55. The Morgan fingerprint density at radius 3 is 2.77 bits per heavy atom. The number of allylic oxidation sites excluding steroid dienone is 1. The molecule has 0 fully saturated rings. The van der Waals surface area contributed by atoms with E-state index in [1.807, 2.05) is 0 Å². The Hall–Kier alpha value is -2.81. The van der Waals surface area contributed by atoms with E-state index in [1.54, 1.807) is 25.1 Å². The van der Waals surface area contributed by atoms with Crippen LogP contribution in [0.2, 0.25) is 0 Å². The third kappa shape index (κ3) is 3.58. The van der Waals surface area contributed by atoms with Crippen LogP contribution >= 0.6 is 15.9 Å². The molecule has 0 amide bonds. The highest BCUT2D eigenvalue weighted by molar-refractivity contribution is 9.10. The molecule has 0 spiro atoms. The molecule has 0 radical (unpaired) electrons. The fourth-order valence-electron chi connectivity index (χ4n) is 3.47. The summed E-state index contributed by atoms with van der Waals surface area (Å²) in [4.78, 5) is 17.1. The molecule has 2 heterocycles. The van der Waals surface area contributed by atoms with Gasteiger partial charge in [-0.05, 0) is 76.8 Å². The molecule has 4 rings (SSSR count). The largest absolute Gasteiger partial charge is 0.503 e. The van der Waals surface area contributed by atoms with Crippen LogP contribution in [-0.4, -0.2) is 21.3 Å². The maximum absolute atomic E-state index is 13.1. The van der Waals surface area contributed by atoms with Crippen molar-refractivity contribution in [3.05, 3.63) is 62.1 Å². The summed E-state index contributed by atoms with van der Waals surface area (Å²) in [6, 6.07) is 6.31. The first-order valence-corrected chi connectivity index (χ1v) is 9.96. The van der Waals surface area contributed by atoms with Crippen molar-refractivity contribution in [3.63, 3.8) is 0 Å². The molecule has 2 aromatic carbocycles. The maximum Gasteiger partial charge on any atom is 0.416 e. The third-order valence-corrected chi connectivity index (χ3v) is 5.47.